The summed E-state index contributed by atoms with van der Waals surface area (Å²) >= 11 is 0. The highest BCUT2D eigenvalue weighted by Gasteiger charge is 2.45. The molecule has 2 aliphatic rings. The molecule has 5 nitrogen and oxygen atoms in total. The Bertz CT molecular complexity index is 732. The minimum atomic E-state index is -0.519. The van der Waals surface area contributed by atoms with Crippen LogP contribution in [0, 0.1) is 0 Å². The van der Waals surface area contributed by atoms with Crippen LogP contribution in [-0.4, -0.2) is 41.4 Å². The molecule has 1 aromatic rings. The summed E-state index contributed by atoms with van der Waals surface area (Å²) in [6.45, 7) is 8.55. The molecule has 2 aliphatic heterocycles. The largest absolute Gasteiger partial charge is 0.444 e. The number of unbranched alkanes of at least 4 members (excludes halogenated alkanes) is 9. The zero-order valence-corrected chi connectivity index (χ0v) is 22.7. The van der Waals surface area contributed by atoms with Gasteiger partial charge < -0.3 is 14.2 Å². The Hall–Kier alpha value is -1.59. The van der Waals surface area contributed by atoms with Gasteiger partial charge in [0.25, 0.3) is 0 Å². The fourth-order valence-electron chi connectivity index (χ4n) is 5.40. The van der Waals surface area contributed by atoms with Crippen molar-refractivity contribution in [3.05, 3.63) is 35.9 Å². The SMILES string of the molecule is CCCCCCCCCCCC[C@H]1CC[C@H]2O[C@@H](c3ccccc3)OC[C@@H]2N1C(=O)OC(C)(C)C. The monoisotopic (exact) mass is 487 g/mol. The first kappa shape index (κ1) is 28.0. The van der Waals surface area contributed by atoms with Crippen molar-refractivity contribution in [1.29, 1.82) is 0 Å². The number of piperidine rings is 1. The van der Waals surface area contributed by atoms with E-state index in [4.69, 9.17) is 14.2 Å². The van der Waals surface area contributed by atoms with Crippen LogP contribution in [-0.2, 0) is 14.2 Å². The predicted molar refractivity (Wildman–Crippen MR) is 141 cm³/mol. The lowest BCUT2D eigenvalue weighted by Crippen LogP contribution is -2.61. The van der Waals surface area contributed by atoms with E-state index < -0.39 is 5.60 Å². The average molecular weight is 488 g/mol. The summed E-state index contributed by atoms with van der Waals surface area (Å²) in [5, 5.41) is 0. The van der Waals surface area contributed by atoms with E-state index in [1.54, 1.807) is 0 Å². The van der Waals surface area contributed by atoms with Crippen LogP contribution < -0.4 is 0 Å². The van der Waals surface area contributed by atoms with Gasteiger partial charge in [0.1, 0.15) is 5.60 Å². The van der Waals surface area contributed by atoms with Crippen molar-refractivity contribution in [3.63, 3.8) is 0 Å². The summed E-state index contributed by atoms with van der Waals surface area (Å²) in [6.07, 6.45) is 15.6. The normalized spacial score (nSPS) is 24.7. The summed E-state index contributed by atoms with van der Waals surface area (Å²) in [6, 6.07) is 10.2. The minimum absolute atomic E-state index is 0.0227. The van der Waals surface area contributed by atoms with Gasteiger partial charge in [0.05, 0.1) is 18.8 Å². The van der Waals surface area contributed by atoms with Gasteiger partial charge in [-0.3, -0.25) is 4.90 Å². The van der Waals surface area contributed by atoms with Gasteiger partial charge in [0, 0.05) is 11.6 Å². The summed E-state index contributed by atoms with van der Waals surface area (Å²) in [7, 11) is 0. The maximum atomic E-state index is 13.3. The van der Waals surface area contributed by atoms with Crippen molar-refractivity contribution < 1.29 is 19.0 Å². The molecule has 2 fully saturated rings. The molecule has 0 aromatic heterocycles. The molecule has 4 atom stereocenters. The van der Waals surface area contributed by atoms with Crippen LogP contribution in [0.2, 0.25) is 0 Å². The lowest BCUT2D eigenvalue weighted by Gasteiger charge is -2.49. The van der Waals surface area contributed by atoms with Gasteiger partial charge in [-0.25, -0.2) is 4.79 Å². The number of amides is 1. The number of nitrogens with zero attached hydrogens (tertiary/aromatic N) is 1. The first-order valence-electron chi connectivity index (χ1n) is 14.2. The Morgan fingerprint density at radius 3 is 2.20 bits per heavy atom. The van der Waals surface area contributed by atoms with Gasteiger partial charge in [0.15, 0.2) is 6.29 Å². The molecular weight excluding hydrogens is 438 g/mol. The van der Waals surface area contributed by atoms with Crippen LogP contribution in [0.5, 0.6) is 0 Å². The molecule has 1 amide bonds. The lowest BCUT2D eigenvalue weighted by molar-refractivity contribution is -0.255. The Morgan fingerprint density at radius 1 is 0.943 bits per heavy atom. The first-order valence-corrected chi connectivity index (χ1v) is 14.2. The zero-order valence-electron chi connectivity index (χ0n) is 22.7. The Balaban J connectivity index is 1.50. The van der Waals surface area contributed by atoms with Gasteiger partial charge in [-0.2, -0.15) is 0 Å². The maximum Gasteiger partial charge on any atom is 0.410 e. The highest BCUT2D eigenvalue weighted by atomic mass is 16.7. The van der Waals surface area contributed by atoms with E-state index in [1.165, 1.54) is 57.8 Å². The Morgan fingerprint density at radius 2 is 1.57 bits per heavy atom. The van der Waals surface area contributed by atoms with Crippen molar-refractivity contribution >= 4 is 6.09 Å². The molecule has 0 N–H and O–H groups in total. The van der Waals surface area contributed by atoms with Gasteiger partial charge in [0.2, 0.25) is 0 Å². The predicted octanol–water partition coefficient (Wildman–Crippen LogP) is 8.18. The quantitative estimate of drug-likeness (QED) is 0.279. The first-order chi connectivity index (χ1) is 16.9. The second kappa shape index (κ2) is 14.2. The molecule has 0 bridgehead atoms. The number of benzene rings is 1. The third-order valence-electron chi connectivity index (χ3n) is 7.25. The van der Waals surface area contributed by atoms with Crippen LogP contribution in [0.1, 0.15) is 123 Å². The molecule has 0 aliphatic carbocycles. The van der Waals surface area contributed by atoms with Gasteiger partial charge in [-0.05, 0) is 40.0 Å². The molecule has 2 heterocycles. The highest BCUT2D eigenvalue weighted by Crippen LogP contribution is 2.37. The van der Waals surface area contributed by atoms with Gasteiger partial charge in [-0.1, -0.05) is 101 Å². The highest BCUT2D eigenvalue weighted by molar-refractivity contribution is 5.69. The van der Waals surface area contributed by atoms with E-state index >= 15 is 0 Å². The molecule has 0 spiro atoms. The fraction of sp³-hybridized carbons (Fsp3) is 0.767. The molecule has 0 radical (unpaired) electrons. The van der Waals surface area contributed by atoms with Crippen molar-refractivity contribution in [2.45, 2.75) is 141 Å². The summed E-state index contributed by atoms with van der Waals surface area (Å²) in [4.78, 5) is 15.3. The summed E-state index contributed by atoms with van der Waals surface area (Å²) in [5.41, 5.74) is 0.511. The van der Waals surface area contributed by atoms with Crippen molar-refractivity contribution in [3.8, 4) is 0 Å². The van der Waals surface area contributed by atoms with Crippen molar-refractivity contribution in [1.82, 2.24) is 4.90 Å². The van der Waals surface area contributed by atoms with Crippen molar-refractivity contribution in [2.75, 3.05) is 6.61 Å². The lowest BCUT2D eigenvalue weighted by atomic mass is 9.89. The molecule has 3 rings (SSSR count). The number of fused-ring (bicyclic) bond motifs is 1. The number of hydrogen-bond acceptors (Lipinski definition) is 4. The number of rotatable bonds is 12. The molecule has 0 saturated carbocycles. The molecular formula is C30H49NO4. The third-order valence-corrected chi connectivity index (χ3v) is 7.25. The topological polar surface area (TPSA) is 48.0 Å². The maximum absolute atomic E-state index is 13.3. The number of likely N-dealkylation sites (tertiary alicyclic amines) is 1. The molecule has 5 heteroatoms. The zero-order chi connectivity index (χ0) is 25.1. The Labute approximate surface area is 213 Å². The van der Waals surface area contributed by atoms with E-state index in [9.17, 15) is 4.79 Å². The van der Waals surface area contributed by atoms with E-state index in [1.807, 2.05) is 56.0 Å². The number of carbonyl (C=O) groups excluding carboxylic acids is 1. The molecule has 2 saturated heterocycles. The minimum Gasteiger partial charge on any atom is -0.444 e. The standard InChI is InChI=1S/C30H49NO4/c1-5-6-7-8-9-10-11-12-13-17-20-25-21-22-27-26(31(25)29(32)35-30(2,3)4)23-33-28(34-27)24-18-15-14-16-19-24/h14-16,18-19,25-28H,5-13,17,20-23H2,1-4H3/t25-,26-,27+,28-/m0/s1. The summed E-state index contributed by atoms with van der Waals surface area (Å²) in [5.74, 6) is 0. The van der Waals surface area contributed by atoms with Gasteiger partial charge >= 0.3 is 6.09 Å². The second-order valence-corrected chi connectivity index (χ2v) is 11.4. The van der Waals surface area contributed by atoms with Crippen LogP contribution in [0.25, 0.3) is 0 Å². The van der Waals surface area contributed by atoms with Gasteiger partial charge in [-0.15, -0.1) is 0 Å². The molecule has 198 valence electrons. The fourth-order valence-corrected chi connectivity index (χ4v) is 5.40. The smallest absolute Gasteiger partial charge is 0.410 e. The van der Waals surface area contributed by atoms with Crippen molar-refractivity contribution in [2.24, 2.45) is 0 Å². The molecule has 1 aromatic carbocycles. The van der Waals surface area contributed by atoms with E-state index in [0.717, 1.165) is 31.2 Å². The second-order valence-electron chi connectivity index (χ2n) is 11.4. The van der Waals surface area contributed by atoms with Crippen LogP contribution in [0.3, 0.4) is 0 Å². The third kappa shape index (κ3) is 9.09. The number of ether oxygens (including phenoxy) is 3. The Kier molecular flexibility index (Phi) is 11.4. The van der Waals surface area contributed by atoms with E-state index in [-0.39, 0.29) is 30.6 Å². The van der Waals surface area contributed by atoms with E-state index in [0.29, 0.717) is 6.61 Å². The number of hydrogen-bond donors (Lipinski definition) is 0. The summed E-state index contributed by atoms with van der Waals surface area (Å²) < 4.78 is 18.3. The van der Waals surface area contributed by atoms with Crippen LogP contribution in [0.4, 0.5) is 4.79 Å². The van der Waals surface area contributed by atoms with Crippen LogP contribution in [0.15, 0.2) is 30.3 Å². The number of carbonyl (C=O) groups is 1. The molecule has 0 unspecified atom stereocenters. The van der Waals surface area contributed by atoms with Crippen LogP contribution >= 0.6 is 0 Å². The van der Waals surface area contributed by atoms with E-state index in [2.05, 4.69) is 6.92 Å². The molecule has 35 heavy (non-hydrogen) atoms. The average Bonchev–Trinajstić information content (AvgIpc) is 2.84.